The van der Waals surface area contributed by atoms with Crippen LogP contribution in [-0.4, -0.2) is 36.0 Å². The summed E-state index contributed by atoms with van der Waals surface area (Å²) in [5, 5.41) is 3.29. The van der Waals surface area contributed by atoms with Gasteiger partial charge < -0.3 is 10.2 Å². The van der Waals surface area contributed by atoms with Crippen LogP contribution in [0.3, 0.4) is 0 Å². The Morgan fingerprint density at radius 3 is 2.42 bits per heavy atom. The van der Waals surface area contributed by atoms with Crippen molar-refractivity contribution >= 4 is 12.0 Å². The summed E-state index contributed by atoms with van der Waals surface area (Å²) in [6, 6.07) is 6.47. The van der Waals surface area contributed by atoms with Crippen LogP contribution in [0.15, 0.2) is 30.3 Å². The molecule has 1 fully saturated rings. The summed E-state index contributed by atoms with van der Waals surface area (Å²) in [6.45, 7) is 5.71. The zero-order valence-electron chi connectivity index (χ0n) is 11.3. The van der Waals surface area contributed by atoms with Gasteiger partial charge in [0.05, 0.1) is 0 Å². The van der Waals surface area contributed by atoms with Gasteiger partial charge in [-0.1, -0.05) is 12.1 Å². The summed E-state index contributed by atoms with van der Waals surface area (Å²) in [6.07, 6.45) is 3.29. The van der Waals surface area contributed by atoms with Crippen molar-refractivity contribution in [2.45, 2.75) is 25.9 Å². The highest BCUT2D eigenvalue weighted by atomic mass is 19.1. The van der Waals surface area contributed by atoms with Gasteiger partial charge in [-0.3, -0.25) is 4.79 Å². The first-order valence-electron chi connectivity index (χ1n) is 6.54. The average molecular weight is 262 g/mol. The molecule has 2 atom stereocenters. The van der Waals surface area contributed by atoms with Crippen LogP contribution >= 0.6 is 0 Å². The van der Waals surface area contributed by atoms with E-state index in [2.05, 4.69) is 5.32 Å². The quantitative estimate of drug-likeness (QED) is 0.827. The number of hydrogen-bond acceptors (Lipinski definition) is 2. The summed E-state index contributed by atoms with van der Waals surface area (Å²) in [5.41, 5.74) is 0.824. The van der Waals surface area contributed by atoms with Crippen molar-refractivity contribution in [1.29, 1.82) is 0 Å². The number of halogens is 1. The fourth-order valence-corrected chi connectivity index (χ4v) is 2.39. The van der Waals surface area contributed by atoms with E-state index in [9.17, 15) is 9.18 Å². The van der Waals surface area contributed by atoms with E-state index in [1.807, 2.05) is 18.7 Å². The molecule has 1 aliphatic heterocycles. The van der Waals surface area contributed by atoms with Gasteiger partial charge in [-0.15, -0.1) is 0 Å². The minimum absolute atomic E-state index is 0.00539. The summed E-state index contributed by atoms with van der Waals surface area (Å²) < 4.78 is 12.8. The van der Waals surface area contributed by atoms with Crippen LogP contribution in [0.5, 0.6) is 0 Å². The predicted molar refractivity (Wildman–Crippen MR) is 74.1 cm³/mol. The topological polar surface area (TPSA) is 32.3 Å². The van der Waals surface area contributed by atoms with Crippen LogP contribution < -0.4 is 5.32 Å². The molecule has 4 heteroatoms. The first-order valence-corrected chi connectivity index (χ1v) is 6.54. The summed E-state index contributed by atoms with van der Waals surface area (Å²) in [7, 11) is 0. The molecule has 1 amide bonds. The molecule has 0 aromatic heterocycles. The zero-order valence-corrected chi connectivity index (χ0v) is 11.3. The van der Waals surface area contributed by atoms with Gasteiger partial charge in [-0.05, 0) is 37.6 Å². The second-order valence-electron chi connectivity index (χ2n) is 4.99. The van der Waals surface area contributed by atoms with Crippen molar-refractivity contribution in [2.24, 2.45) is 0 Å². The standard InChI is InChI=1S/C15H19FN2O/c1-11-9-17-10-12(2)18(11)15(19)8-5-13-3-6-14(16)7-4-13/h3-8,11-12,17H,9-10H2,1-2H3. The molecule has 2 rings (SSSR count). The van der Waals surface area contributed by atoms with E-state index in [0.29, 0.717) is 0 Å². The second kappa shape index (κ2) is 5.97. The van der Waals surface area contributed by atoms with Crippen LogP contribution in [0, 0.1) is 5.82 Å². The van der Waals surface area contributed by atoms with Gasteiger partial charge >= 0.3 is 0 Å². The van der Waals surface area contributed by atoms with Crippen molar-refractivity contribution in [3.63, 3.8) is 0 Å². The molecule has 0 bridgehead atoms. The number of piperazine rings is 1. The van der Waals surface area contributed by atoms with E-state index in [1.165, 1.54) is 12.1 Å². The Labute approximate surface area is 113 Å². The molecule has 1 aromatic carbocycles. The van der Waals surface area contributed by atoms with Gasteiger partial charge in [0.15, 0.2) is 0 Å². The van der Waals surface area contributed by atoms with Crippen LogP contribution in [0.1, 0.15) is 19.4 Å². The number of hydrogen-bond donors (Lipinski definition) is 1. The van der Waals surface area contributed by atoms with Gasteiger partial charge in [0, 0.05) is 31.2 Å². The normalized spacial score (nSPS) is 23.8. The Hall–Kier alpha value is -1.68. The molecular weight excluding hydrogens is 243 g/mol. The maximum Gasteiger partial charge on any atom is 0.247 e. The molecular formula is C15H19FN2O. The second-order valence-corrected chi connectivity index (χ2v) is 4.99. The number of nitrogens with one attached hydrogen (secondary N) is 1. The zero-order chi connectivity index (χ0) is 13.8. The first-order chi connectivity index (χ1) is 9.08. The van der Waals surface area contributed by atoms with Crippen molar-refractivity contribution in [2.75, 3.05) is 13.1 Å². The van der Waals surface area contributed by atoms with E-state index in [4.69, 9.17) is 0 Å². The molecule has 3 nitrogen and oxygen atoms in total. The molecule has 0 spiro atoms. The van der Waals surface area contributed by atoms with E-state index in [1.54, 1.807) is 24.3 Å². The Balaban J connectivity index is 2.05. The largest absolute Gasteiger partial charge is 0.331 e. The van der Waals surface area contributed by atoms with Crippen LogP contribution in [-0.2, 0) is 4.79 Å². The highest BCUT2D eigenvalue weighted by molar-refractivity contribution is 5.92. The van der Waals surface area contributed by atoms with Crippen LogP contribution in [0.25, 0.3) is 6.08 Å². The van der Waals surface area contributed by atoms with Crippen molar-refractivity contribution in [3.05, 3.63) is 41.7 Å². The molecule has 1 saturated heterocycles. The molecule has 19 heavy (non-hydrogen) atoms. The minimum Gasteiger partial charge on any atom is -0.331 e. The van der Waals surface area contributed by atoms with Gasteiger partial charge in [-0.25, -0.2) is 4.39 Å². The first kappa shape index (κ1) is 13.7. The molecule has 0 radical (unpaired) electrons. The van der Waals surface area contributed by atoms with E-state index >= 15 is 0 Å². The molecule has 1 heterocycles. The van der Waals surface area contributed by atoms with Crippen LogP contribution in [0.4, 0.5) is 4.39 Å². The average Bonchev–Trinajstić information content (AvgIpc) is 2.38. The lowest BCUT2D eigenvalue weighted by Gasteiger charge is -2.38. The van der Waals surface area contributed by atoms with E-state index in [0.717, 1.165) is 18.7 Å². The molecule has 1 aromatic rings. The Kier molecular flexibility index (Phi) is 4.32. The number of nitrogens with zero attached hydrogens (tertiary/aromatic N) is 1. The molecule has 0 aliphatic carbocycles. The fraction of sp³-hybridized carbons (Fsp3) is 0.400. The van der Waals surface area contributed by atoms with Crippen molar-refractivity contribution in [1.82, 2.24) is 10.2 Å². The SMILES string of the molecule is CC1CNCC(C)N1C(=O)C=Cc1ccc(F)cc1. The highest BCUT2D eigenvalue weighted by Gasteiger charge is 2.27. The van der Waals surface area contributed by atoms with E-state index in [-0.39, 0.29) is 23.8 Å². The lowest BCUT2D eigenvalue weighted by atomic mass is 10.1. The Morgan fingerprint density at radius 2 is 1.84 bits per heavy atom. The maximum atomic E-state index is 12.8. The Morgan fingerprint density at radius 1 is 1.26 bits per heavy atom. The number of carbonyl (C=O) groups is 1. The maximum absolute atomic E-state index is 12.8. The molecule has 0 saturated carbocycles. The smallest absolute Gasteiger partial charge is 0.247 e. The fourth-order valence-electron chi connectivity index (χ4n) is 2.39. The third-order valence-electron chi connectivity index (χ3n) is 3.37. The summed E-state index contributed by atoms with van der Waals surface area (Å²) >= 11 is 0. The number of carbonyl (C=O) groups excluding carboxylic acids is 1. The summed E-state index contributed by atoms with van der Waals surface area (Å²) in [4.78, 5) is 14.1. The number of rotatable bonds is 2. The molecule has 1 aliphatic rings. The van der Waals surface area contributed by atoms with Crippen molar-refractivity contribution < 1.29 is 9.18 Å². The number of benzene rings is 1. The number of amides is 1. The third-order valence-corrected chi connectivity index (χ3v) is 3.37. The van der Waals surface area contributed by atoms with Crippen LogP contribution in [0.2, 0.25) is 0 Å². The predicted octanol–water partition coefficient (Wildman–Crippen LogP) is 2.05. The third kappa shape index (κ3) is 3.41. The van der Waals surface area contributed by atoms with Crippen molar-refractivity contribution in [3.8, 4) is 0 Å². The summed E-state index contributed by atoms with van der Waals surface area (Å²) in [5.74, 6) is -0.265. The molecule has 1 N–H and O–H groups in total. The highest BCUT2D eigenvalue weighted by Crippen LogP contribution is 2.12. The van der Waals surface area contributed by atoms with Gasteiger partial charge in [0.25, 0.3) is 0 Å². The Bertz CT molecular complexity index is 460. The lowest BCUT2D eigenvalue weighted by molar-refractivity contribution is -0.131. The molecule has 2 unspecified atom stereocenters. The van der Waals surface area contributed by atoms with Gasteiger partial charge in [0.2, 0.25) is 5.91 Å². The molecule has 102 valence electrons. The van der Waals surface area contributed by atoms with E-state index < -0.39 is 0 Å². The monoisotopic (exact) mass is 262 g/mol. The lowest BCUT2D eigenvalue weighted by Crippen LogP contribution is -2.56. The van der Waals surface area contributed by atoms with Gasteiger partial charge in [-0.2, -0.15) is 0 Å². The van der Waals surface area contributed by atoms with Gasteiger partial charge in [0.1, 0.15) is 5.82 Å². The minimum atomic E-state index is -0.271.